The van der Waals surface area contributed by atoms with Gasteiger partial charge in [0.15, 0.2) is 34.2 Å². The van der Waals surface area contributed by atoms with Gasteiger partial charge in [0.2, 0.25) is 0 Å². The summed E-state index contributed by atoms with van der Waals surface area (Å²) in [5.74, 6) is -8.57. The Labute approximate surface area is 281 Å². The molecule has 0 unspecified atom stereocenters. The smallest absolute Gasteiger partial charge is 0.335 e. The van der Waals surface area contributed by atoms with Gasteiger partial charge < -0.3 is 70.8 Å². The number of hydrogen-bond donors (Lipinski definition) is 12. The van der Waals surface area contributed by atoms with E-state index >= 15 is 0 Å². The summed E-state index contributed by atoms with van der Waals surface area (Å²) >= 11 is 0. The first-order chi connectivity index (χ1) is 23.2. The third-order valence-electron chi connectivity index (χ3n) is 8.43. The van der Waals surface area contributed by atoms with Crippen molar-refractivity contribution in [2.24, 2.45) is 0 Å². The fourth-order valence-corrected chi connectivity index (χ4v) is 5.70. The molecule has 2 saturated carbocycles. The number of esters is 2. The molecule has 270 valence electrons. The number of carbonyl (C=O) groups excluding carboxylic acids is 2. The largest absolute Gasteiger partial charge is 0.504 e. The quantitative estimate of drug-likeness (QED) is 0.0818. The zero-order valence-corrected chi connectivity index (χ0v) is 25.7. The molecule has 12 N–H and O–H groups in total. The molecule has 2 aromatic rings. The zero-order valence-electron chi connectivity index (χ0n) is 25.7. The summed E-state index contributed by atoms with van der Waals surface area (Å²) in [4.78, 5) is 48.3. The summed E-state index contributed by atoms with van der Waals surface area (Å²) in [5.41, 5.74) is -5.20. The van der Waals surface area contributed by atoms with Gasteiger partial charge in [-0.2, -0.15) is 0 Å². The van der Waals surface area contributed by atoms with Crippen LogP contribution in [0.5, 0.6) is 23.0 Å². The summed E-state index contributed by atoms with van der Waals surface area (Å²) in [6, 6.07) is 3.93. The normalized spacial score (nSPS) is 29.9. The maximum atomic E-state index is 12.7. The number of ether oxygens (including phenoxy) is 2. The topological polar surface area (TPSA) is 330 Å². The van der Waals surface area contributed by atoms with Crippen LogP contribution in [0.3, 0.4) is 0 Å². The molecule has 2 aliphatic rings. The van der Waals surface area contributed by atoms with Crippen molar-refractivity contribution in [3.63, 3.8) is 0 Å². The summed E-state index contributed by atoms with van der Waals surface area (Å²) in [5, 5.41) is 121. The van der Waals surface area contributed by atoms with Crippen molar-refractivity contribution in [3.8, 4) is 34.1 Å². The maximum absolute atomic E-state index is 12.7. The van der Waals surface area contributed by atoms with Crippen LogP contribution in [-0.2, 0) is 28.7 Å². The number of benzene rings is 2. The van der Waals surface area contributed by atoms with Crippen LogP contribution in [0.1, 0.15) is 36.8 Å². The first kappa shape index (κ1) is 37.6. The maximum Gasteiger partial charge on any atom is 0.335 e. The standard InChI is InChI=1S/C32H34O18/c33-17-5-13(1-3-25(39)49-23-11-31(47,29(43)44)9-21(37)27(23)41)15(7-19(17)35)16-8-20(36)18(34)6-14(16)2-4-26(40)50-24-12-32(48,30(45)46)10-22(38)28(24)42/h1-8,21-24,27-28,33-38,41-42,47-48H,9-12H2,(H,43,44)(H,45,46)/b3-1+,4-2+/t21-,22-,23-,24-,27-,28-,31+,32+/m1/s1. The molecule has 0 heterocycles. The van der Waals surface area contributed by atoms with E-state index in [2.05, 4.69) is 0 Å². The summed E-state index contributed by atoms with van der Waals surface area (Å²) in [7, 11) is 0. The number of rotatable bonds is 9. The second-order valence-electron chi connectivity index (χ2n) is 12.1. The van der Waals surface area contributed by atoms with Crippen LogP contribution >= 0.6 is 0 Å². The van der Waals surface area contributed by atoms with Gasteiger partial charge in [0.25, 0.3) is 0 Å². The molecule has 0 radical (unpaired) electrons. The average Bonchev–Trinajstić information content (AvgIpc) is 3.02. The SMILES string of the molecule is O=C(/C=C/c1cc(O)c(O)cc1-c1cc(O)c(O)cc1/C=C/C(=O)O[C@@H]1C[C@](O)(C(=O)O)C[C@@H](O)[C@H]1O)O[C@@H]1C[C@](O)(C(=O)O)C[C@@H](O)[C@H]1O. The lowest BCUT2D eigenvalue weighted by Gasteiger charge is -2.39. The van der Waals surface area contributed by atoms with Crippen molar-refractivity contribution in [2.45, 2.75) is 73.5 Å². The predicted molar refractivity (Wildman–Crippen MR) is 164 cm³/mol. The van der Waals surface area contributed by atoms with E-state index in [0.717, 1.165) is 48.6 Å². The van der Waals surface area contributed by atoms with Gasteiger partial charge in [-0.15, -0.1) is 0 Å². The lowest BCUT2D eigenvalue weighted by molar-refractivity contribution is -0.196. The molecule has 18 heteroatoms. The number of aliphatic carboxylic acids is 2. The van der Waals surface area contributed by atoms with Gasteiger partial charge in [-0.1, -0.05) is 0 Å². The number of carboxylic acid groups (broad SMARTS) is 2. The molecule has 2 aliphatic carbocycles. The van der Waals surface area contributed by atoms with Gasteiger partial charge in [0.05, 0.1) is 12.2 Å². The van der Waals surface area contributed by atoms with Crippen LogP contribution in [0.4, 0.5) is 0 Å². The molecule has 0 spiro atoms. The van der Waals surface area contributed by atoms with Crippen molar-refractivity contribution < 1.29 is 89.9 Å². The molecule has 0 bridgehead atoms. The Bertz CT molecular complexity index is 1610. The molecular weight excluding hydrogens is 672 g/mol. The lowest BCUT2D eigenvalue weighted by Crippen LogP contribution is -2.57. The van der Waals surface area contributed by atoms with Gasteiger partial charge in [-0.3, -0.25) is 0 Å². The van der Waals surface area contributed by atoms with Crippen LogP contribution in [0.15, 0.2) is 36.4 Å². The van der Waals surface area contributed by atoms with E-state index in [9.17, 15) is 80.5 Å². The number of phenols is 4. The third-order valence-corrected chi connectivity index (χ3v) is 8.43. The van der Waals surface area contributed by atoms with E-state index in [1.165, 1.54) is 0 Å². The van der Waals surface area contributed by atoms with Gasteiger partial charge in [0.1, 0.15) is 24.4 Å². The minimum Gasteiger partial charge on any atom is -0.504 e. The molecule has 8 atom stereocenters. The van der Waals surface area contributed by atoms with Crippen LogP contribution in [0.2, 0.25) is 0 Å². The van der Waals surface area contributed by atoms with E-state index in [1.807, 2.05) is 0 Å². The second-order valence-corrected chi connectivity index (χ2v) is 12.1. The summed E-state index contributed by atoms with van der Waals surface area (Å²) < 4.78 is 10.2. The fourth-order valence-electron chi connectivity index (χ4n) is 5.70. The molecule has 0 saturated heterocycles. The highest BCUT2D eigenvalue weighted by atomic mass is 16.6. The molecule has 18 nitrogen and oxygen atoms in total. The van der Waals surface area contributed by atoms with E-state index in [4.69, 9.17) is 9.47 Å². The zero-order chi connectivity index (χ0) is 37.3. The highest BCUT2D eigenvalue weighted by Gasteiger charge is 2.51. The Kier molecular flexibility index (Phi) is 10.8. The van der Waals surface area contributed by atoms with E-state index in [0.29, 0.717) is 0 Å². The van der Waals surface area contributed by atoms with Crippen molar-refractivity contribution in [2.75, 3.05) is 0 Å². The van der Waals surface area contributed by atoms with Crippen LogP contribution in [-0.4, -0.2) is 133 Å². The number of aliphatic hydroxyl groups is 6. The Balaban J connectivity index is 1.62. The summed E-state index contributed by atoms with van der Waals surface area (Å²) in [6.07, 6.45) is -9.62. The molecule has 0 aromatic heterocycles. The second kappa shape index (κ2) is 14.3. The predicted octanol–water partition coefficient (Wildman–Crippen LogP) is -1.31. The summed E-state index contributed by atoms with van der Waals surface area (Å²) in [6.45, 7) is 0. The van der Waals surface area contributed by atoms with Crippen molar-refractivity contribution in [1.29, 1.82) is 0 Å². The minimum absolute atomic E-state index is 0.0432. The van der Waals surface area contributed by atoms with E-state index < -0.39 is 120 Å². The first-order valence-corrected chi connectivity index (χ1v) is 14.8. The van der Waals surface area contributed by atoms with Crippen LogP contribution < -0.4 is 0 Å². The number of carboxylic acids is 2. The van der Waals surface area contributed by atoms with Crippen LogP contribution in [0.25, 0.3) is 23.3 Å². The Hall–Kier alpha value is -5.24. The molecule has 2 aromatic carbocycles. The van der Waals surface area contributed by atoms with Crippen LogP contribution in [0, 0.1) is 0 Å². The first-order valence-electron chi connectivity index (χ1n) is 14.8. The highest BCUT2D eigenvalue weighted by Crippen LogP contribution is 2.41. The molecule has 4 rings (SSSR count). The number of aromatic hydroxyl groups is 4. The van der Waals surface area contributed by atoms with Crippen molar-refractivity contribution in [3.05, 3.63) is 47.5 Å². The number of aliphatic hydroxyl groups excluding tert-OH is 4. The third kappa shape index (κ3) is 7.96. The van der Waals surface area contributed by atoms with Gasteiger partial charge in [-0.25, -0.2) is 19.2 Å². The van der Waals surface area contributed by atoms with Gasteiger partial charge in [0, 0.05) is 37.8 Å². The molecule has 50 heavy (non-hydrogen) atoms. The molecular formula is C32H34O18. The number of carbonyl (C=O) groups is 4. The number of hydrogen-bond acceptors (Lipinski definition) is 16. The van der Waals surface area contributed by atoms with Crippen molar-refractivity contribution in [1.82, 2.24) is 0 Å². The van der Waals surface area contributed by atoms with Gasteiger partial charge >= 0.3 is 23.9 Å². The molecule has 2 fully saturated rings. The average molecular weight is 707 g/mol. The molecule has 0 aliphatic heterocycles. The van der Waals surface area contributed by atoms with E-state index in [1.54, 1.807) is 0 Å². The highest BCUT2D eigenvalue weighted by molar-refractivity contribution is 5.94. The Morgan fingerprint density at radius 2 is 0.900 bits per heavy atom. The van der Waals surface area contributed by atoms with Crippen molar-refractivity contribution >= 4 is 36.0 Å². The monoisotopic (exact) mass is 706 g/mol. The Morgan fingerprint density at radius 3 is 1.22 bits per heavy atom. The lowest BCUT2D eigenvalue weighted by atomic mass is 9.79. The van der Waals surface area contributed by atoms with Gasteiger partial charge in [-0.05, 0) is 58.7 Å². The molecule has 0 amide bonds. The fraction of sp³-hybridized carbons (Fsp3) is 0.375. The number of phenolic OH excluding ortho intramolecular Hbond substituents is 4. The Morgan fingerprint density at radius 1 is 0.580 bits per heavy atom. The van der Waals surface area contributed by atoms with E-state index in [-0.39, 0.29) is 22.3 Å². The minimum atomic E-state index is -2.50.